The highest BCUT2D eigenvalue weighted by Crippen LogP contribution is 2.51. The summed E-state index contributed by atoms with van der Waals surface area (Å²) in [6, 6.07) is 56.4. The van der Waals surface area contributed by atoms with Crippen LogP contribution in [0, 0.1) is 0 Å². The molecule has 0 saturated carbocycles. The number of rotatable bonds is 2. The minimum atomic E-state index is 1.18. The Morgan fingerprint density at radius 1 is 0.311 bits per heavy atom. The lowest BCUT2D eigenvalue weighted by Crippen LogP contribution is -1.95. The van der Waals surface area contributed by atoms with Gasteiger partial charge in [0, 0.05) is 16.5 Å². The van der Waals surface area contributed by atoms with Crippen LogP contribution in [-0.2, 0) is 0 Å². The quantitative estimate of drug-likeness (QED) is 0.196. The fraction of sp³-hybridized carbons (Fsp3) is 0. The lowest BCUT2D eigenvalue weighted by atomic mass is 9.97. The summed E-state index contributed by atoms with van der Waals surface area (Å²) in [5, 5.41) is 8.00. The summed E-state index contributed by atoms with van der Waals surface area (Å²) in [6.07, 6.45) is 0. The molecule has 1 heterocycles. The molecule has 2 aliphatic carbocycles. The summed E-state index contributed by atoms with van der Waals surface area (Å²) < 4.78 is 2.47. The molecule has 0 bridgehead atoms. The Labute approximate surface area is 260 Å². The van der Waals surface area contributed by atoms with Crippen LogP contribution in [0.25, 0.3) is 105 Å². The Kier molecular flexibility index (Phi) is 4.38. The van der Waals surface area contributed by atoms with E-state index in [0.717, 1.165) is 0 Å². The van der Waals surface area contributed by atoms with Gasteiger partial charge in [0.15, 0.2) is 0 Å². The number of hydrogen-bond donors (Lipinski definition) is 0. The molecule has 206 valence electrons. The number of hydrogen-bond acceptors (Lipinski definition) is 0. The van der Waals surface area contributed by atoms with E-state index in [9.17, 15) is 0 Å². The first kappa shape index (κ1) is 23.5. The van der Waals surface area contributed by atoms with Gasteiger partial charge >= 0.3 is 0 Å². The van der Waals surface area contributed by atoms with Crippen LogP contribution < -0.4 is 0 Å². The van der Waals surface area contributed by atoms with E-state index in [1.54, 1.807) is 0 Å². The molecule has 0 N–H and O–H groups in total. The van der Waals surface area contributed by atoms with E-state index in [1.807, 2.05) is 0 Å². The normalized spacial score (nSPS) is 12.4. The predicted octanol–water partition coefficient (Wildman–Crippen LogP) is 12.1. The molecule has 0 radical (unpaired) electrons. The summed E-state index contributed by atoms with van der Waals surface area (Å²) in [6.45, 7) is 0. The van der Waals surface area contributed by atoms with Crippen molar-refractivity contribution in [1.29, 1.82) is 0 Å². The van der Waals surface area contributed by atoms with Gasteiger partial charge in [-0.05, 0) is 108 Å². The lowest BCUT2D eigenvalue weighted by molar-refractivity contribution is 1.18. The van der Waals surface area contributed by atoms with E-state index in [1.165, 1.54) is 105 Å². The minimum absolute atomic E-state index is 1.18. The van der Waals surface area contributed by atoms with E-state index in [0.29, 0.717) is 0 Å². The Balaban J connectivity index is 1.16. The zero-order chi connectivity index (χ0) is 29.2. The van der Waals surface area contributed by atoms with Crippen molar-refractivity contribution in [3.8, 4) is 61.3 Å². The highest BCUT2D eigenvalue weighted by atomic mass is 15.0. The Morgan fingerprint density at radius 3 is 1.80 bits per heavy atom. The van der Waals surface area contributed by atoms with Gasteiger partial charge in [0.1, 0.15) is 0 Å². The van der Waals surface area contributed by atoms with Crippen molar-refractivity contribution in [2.75, 3.05) is 0 Å². The molecule has 1 nitrogen and oxygen atoms in total. The smallest absolute Gasteiger partial charge is 0.0553 e. The van der Waals surface area contributed by atoms with Crippen molar-refractivity contribution < 1.29 is 0 Å². The average molecular weight is 568 g/mol. The van der Waals surface area contributed by atoms with Crippen LogP contribution in [0.15, 0.2) is 152 Å². The SMILES string of the molecule is c1cc(-c2ccc3c(c2)-c2cccc4cccc-3c24)cc(-n2c3ccccc3c3c4cccc5c4c(cc32)-c2ccccc2-5)c1. The van der Waals surface area contributed by atoms with Gasteiger partial charge in [-0.1, -0.05) is 121 Å². The molecule has 11 rings (SSSR count). The van der Waals surface area contributed by atoms with Gasteiger partial charge in [0.05, 0.1) is 11.0 Å². The highest BCUT2D eigenvalue weighted by molar-refractivity contribution is 6.29. The molecule has 9 aromatic rings. The monoisotopic (exact) mass is 567 g/mol. The van der Waals surface area contributed by atoms with E-state index < -0.39 is 0 Å². The molecular formula is C44H25N. The standard InChI is InChI=1S/C44H25N/c1-2-14-31-30(13-1)34-18-8-19-37-43(34)39(31)25-41-44(37)36-15-3-4-20-40(36)45(41)29-12-5-11-27(23-29)28-21-22-32-33-16-6-9-26-10-7-17-35(42(26)33)38(32)24-28/h1-25H. The third kappa shape index (κ3) is 2.98. The second-order valence-electron chi connectivity index (χ2n) is 12.5. The predicted molar refractivity (Wildman–Crippen MR) is 190 cm³/mol. The average Bonchev–Trinajstić information content (AvgIpc) is 3.73. The van der Waals surface area contributed by atoms with Crippen molar-refractivity contribution in [2.45, 2.75) is 0 Å². The number of nitrogens with zero attached hydrogens (tertiary/aromatic N) is 1. The van der Waals surface area contributed by atoms with Gasteiger partial charge in [0.25, 0.3) is 0 Å². The first-order chi connectivity index (χ1) is 22.3. The van der Waals surface area contributed by atoms with Crippen molar-refractivity contribution in [2.24, 2.45) is 0 Å². The molecule has 8 aromatic carbocycles. The molecule has 0 saturated heterocycles. The summed E-state index contributed by atoms with van der Waals surface area (Å²) >= 11 is 0. The molecule has 0 fully saturated rings. The van der Waals surface area contributed by atoms with Gasteiger partial charge < -0.3 is 4.57 Å². The fourth-order valence-electron chi connectivity index (χ4n) is 8.40. The number of aromatic nitrogens is 1. The van der Waals surface area contributed by atoms with E-state index >= 15 is 0 Å². The molecule has 1 aromatic heterocycles. The van der Waals surface area contributed by atoms with Crippen LogP contribution >= 0.6 is 0 Å². The number of benzene rings is 8. The summed E-state index contributed by atoms with van der Waals surface area (Å²) in [5.41, 5.74) is 16.8. The van der Waals surface area contributed by atoms with Crippen LogP contribution in [-0.4, -0.2) is 4.57 Å². The number of fused-ring (bicyclic) bond motifs is 10. The molecule has 1 heteroatoms. The first-order valence-electron chi connectivity index (χ1n) is 15.7. The third-order valence-electron chi connectivity index (χ3n) is 10.2. The topological polar surface area (TPSA) is 4.93 Å². The van der Waals surface area contributed by atoms with Crippen molar-refractivity contribution >= 4 is 43.4 Å². The maximum atomic E-state index is 2.47. The largest absolute Gasteiger partial charge is 0.309 e. The van der Waals surface area contributed by atoms with E-state index in [4.69, 9.17) is 0 Å². The minimum Gasteiger partial charge on any atom is -0.309 e. The molecule has 0 atom stereocenters. The zero-order valence-electron chi connectivity index (χ0n) is 24.4. The Bertz CT molecular complexity index is 2750. The lowest BCUT2D eigenvalue weighted by Gasteiger charge is -2.12. The molecule has 0 amide bonds. The van der Waals surface area contributed by atoms with Gasteiger partial charge in [-0.25, -0.2) is 0 Å². The molecule has 2 aliphatic rings. The van der Waals surface area contributed by atoms with E-state index in [-0.39, 0.29) is 0 Å². The summed E-state index contributed by atoms with van der Waals surface area (Å²) in [5.74, 6) is 0. The fourth-order valence-corrected chi connectivity index (χ4v) is 8.40. The maximum Gasteiger partial charge on any atom is 0.0553 e. The second kappa shape index (κ2) is 8.37. The molecule has 0 aliphatic heterocycles. The summed E-state index contributed by atoms with van der Waals surface area (Å²) in [7, 11) is 0. The summed E-state index contributed by atoms with van der Waals surface area (Å²) in [4.78, 5) is 0. The van der Waals surface area contributed by atoms with Crippen molar-refractivity contribution in [1.82, 2.24) is 4.57 Å². The van der Waals surface area contributed by atoms with Crippen molar-refractivity contribution in [3.05, 3.63) is 152 Å². The van der Waals surface area contributed by atoms with Gasteiger partial charge in [0.2, 0.25) is 0 Å². The molecule has 0 spiro atoms. The zero-order valence-corrected chi connectivity index (χ0v) is 24.4. The second-order valence-corrected chi connectivity index (χ2v) is 12.5. The number of para-hydroxylation sites is 1. The Morgan fingerprint density at radius 2 is 0.933 bits per heavy atom. The van der Waals surface area contributed by atoms with Gasteiger partial charge in [-0.2, -0.15) is 0 Å². The van der Waals surface area contributed by atoms with Crippen LogP contribution in [0.2, 0.25) is 0 Å². The van der Waals surface area contributed by atoms with Gasteiger partial charge in [-0.15, -0.1) is 0 Å². The highest BCUT2D eigenvalue weighted by Gasteiger charge is 2.26. The third-order valence-corrected chi connectivity index (χ3v) is 10.2. The first-order valence-corrected chi connectivity index (χ1v) is 15.7. The molecular weight excluding hydrogens is 542 g/mol. The Hall–Kier alpha value is -5.92. The van der Waals surface area contributed by atoms with Crippen molar-refractivity contribution in [3.63, 3.8) is 0 Å². The van der Waals surface area contributed by atoms with Crippen LogP contribution in [0.5, 0.6) is 0 Å². The van der Waals surface area contributed by atoms with Crippen LogP contribution in [0.3, 0.4) is 0 Å². The van der Waals surface area contributed by atoms with E-state index in [2.05, 4.69) is 156 Å². The molecule has 0 unspecified atom stereocenters. The molecule has 45 heavy (non-hydrogen) atoms. The van der Waals surface area contributed by atoms with Gasteiger partial charge in [-0.3, -0.25) is 0 Å². The maximum absolute atomic E-state index is 2.47. The van der Waals surface area contributed by atoms with Crippen LogP contribution in [0.4, 0.5) is 0 Å². The van der Waals surface area contributed by atoms with Crippen LogP contribution in [0.1, 0.15) is 0 Å².